The van der Waals surface area contributed by atoms with Gasteiger partial charge in [-0.3, -0.25) is 0 Å². The molecule has 0 saturated carbocycles. The monoisotopic (exact) mass is 321 g/mol. The predicted octanol–water partition coefficient (Wildman–Crippen LogP) is -0.879. The van der Waals surface area contributed by atoms with Gasteiger partial charge in [0.2, 0.25) is 0 Å². The maximum Gasteiger partial charge on any atom is 0.343 e. The Bertz CT molecular complexity index is 555. The highest BCUT2D eigenvalue weighted by molar-refractivity contribution is 5.88. The summed E-state index contributed by atoms with van der Waals surface area (Å²) in [5.41, 5.74) is 2.81. The van der Waals surface area contributed by atoms with Crippen LogP contribution in [0.1, 0.15) is 21.5 Å². The molecule has 1 aromatic heterocycles. The minimum Gasteiger partial charge on any atom is -1.00 e. The van der Waals surface area contributed by atoms with Crippen molar-refractivity contribution < 1.29 is 31.1 Å². The number of hydrogen-bond acceptors (Lipinski definition) is 2. The lowest BCUT2D eigenvalue weighted by molar-refractivity contribution is -0.688. The molecule has 0 radical (unpaired) electrons. The zero-order valence-electron chi connectivity index (χ0n) is 11.0. The van der Waals surface area contributed by atoms with Crippen LogP contribution in [0, 0.1) is 6.92 Å². The van der Waals surface area contributed by atoms with E-state index in [-0.39, 0.29) is 23.0 Å². The third kappa shape index (κ3) is 4.17. The maximum absolute atomic E-state index is 11.5. The molecule has 0 N–H and O–H groups in total. The molecule has 0 spiro atoms. The number of aromatic nitrogens is 1. The fraction of sp³-hybridized carbons (Fsp3) is 0.200. The number of benzene rings is 1. The van der Waals surface area contributed by atoms with Crippen LogP contribution in [0.2, 0.25) is 0 Å². The van der Waals surface area contributed by atoms with Crippen molar-refractivity contribution in [1.82, 2.24) is 0 Å². The number of nitrogens with zero attached hydrogens (tertiary/aromatic N) is 1. The van der Waals surface area contributed by atoms with Crippen LogP contribution in [0.5, 0.6) is 0 Å². The van der Waals surface area contributed by atoms with E-state index in [1.807, 2.05) is 48.1 Å². The van der Waals surface area contributed by atoms with Crippen molar-refractivity contribution in [1.29, 1.82) is 0 Å². The van der Waals surface area contributed by atoms with Crippen molar-refractivity contribution >= 4 is 5.97 Å². The van der Waals surface area contributed by atoms with E-state index in [4.69, 9.17) is 4.74 Å². The van der Waals surface area contributed by atoms with Crippen molar-refractivity contribution in [2.24, 2.45) is 0 Å². The number of hydrogen-bond donors (Lipinski definition) is 0. The minimum absolute atomic E-state index is 0. The van der Waals surface area contributed by atoms with Crippen molar-refractivity contribution in [3.63, 3.8) is 0 Å². The summed E-state index contributed by atoms with van der Waals surface area (Å²) < 4.78 is 6.74. The lowest BCUT2D eigenvalue weighted by Crippen LogP contribution is -3.00. The van der Waals surface area contributed by atoms with Crippen molar-refractivity contribution in [2.45, 2.75) is 13.5 Å². The van der Waals surface area contributed by atoms with Gasteiger partial charge >= 0.3 is 5.97 Å². The number of carbonyl (C=O) groups excluding carboxylic acids is 1. The molecule has 3 nitrogen and oxygen atoms in total. The number of ether oxygens (including phenoxy) is 1. The van der Waals surface area contributed by atoms with E-state index in [1.165, 1.54) is 12.7 Å². The highest BCUT2D eigenvalue weighted by Crippen LogP contribution is 2.03. The number of methoxy groups -OCH3 is 1. The summed E-state index contributed by atoms with van der Waals surface area (Å²) in [4.78, 5) is 11.5. The second-order valence-electron chi connectivity index (χ2n) is 4.25. The molecule has 0 bridgehead atoms. The largest absolute Gasteiger partial charge is 1.00 e. The minimum atomic E-state index is -0.305. The lowest BCUT2D eigenvalue weighted by atomic mass is 10.2. The fourth-order valence-corrected chi connectivity index (χ4v) is 1.91. The first-order valence-electron chi connectivity index (χ1n) is 5.82. The molecule has 19 heavy (non-hydrogen) atoms. The molecule has 0 aliphatic rings. The normalized spacial score (nSPS) is 9.58. The first-order chi connectivity index (χ1) is 8.69. The van der Waals surface area contributed by atoms with Gasteiger partial charge in [-0.2, -0.15) is 4.57 Å². The number of esters is 1. The molecule has 0 aliphatic heterocycles. The average Bonchev–Trinajstić information content (AvgIpc) is 2.38. The van der Waals surface area contributed by atoms with Gasteiger partial charge in [0.25, 0.3) is 0 Å². The summed E-state index contributed by atoms with van der Waals surface area (Å²) in [5, 5.41) is 0. The van der Waals surface area contributed by atoms with E-state index in [9.17, 15) is 4.79 Å². The second-order valence-corrected chi connectivity index (χ2v) is 4.25. The van der Waals surface area contributed by atoms with Gasteiger partial charge in [0, 0.05) is 11.1 Å². The predicted molar refractivity (Wildman–Crippen MR) is 68.3 cm³/mol. The van der Waals surface area contributed by atoms with Gasteiger partial charge in [0.15, 0.2) is 18.9 Å². The fourth-order valence-electron chi connectivity index (χ4n) is 1.91. The van der Waals surface area contributed by atoms with E-state index in [0.29, 0.717) is 5.56 Å². The summed E-state index contributed by atoms with van der Waals surface area (Å²) >= 11 is 0. The van der Waals surface area contributed by atoms with Crippen molar-refractivity contribution in [2.75, 3.05) is 7.11 Å². The smallest absolute Gasteiger partial charge is 0.343 e. The molecule has 0 amide bonds. The van der Waals surface area contributed by atoms with Crippen LogP contribution in [0.15, 0.2) is 48.8 Å². The van der Waals surface area contributed by atoms with E-state index < -0.39 is 0 Å². The number of halogens is 1. The van der Waals surface area contributed by atoms with E-state index in [1.54, 1.807) is 0 Å². The number of rotatable bonds is 3. The first-order valence-corrected chi connectivity index (χ1v) is 5.82. The number of pyridine rings is 1. The Labute approximate surface area is 123 Å². The van der Waals surface area contributed by atoms with Crippen molar-refractivity contribution in [3.05, 3.63) is 65.5 Å². The number of aryl methyl sites for hydroxylation is 1. The Morgan fingerprint density at radius 2 is 1.89 bits per heavy atom. The molecule has 1 heterocycles. The zero-order valence-corrected chi connectivity index (χ0v) is 12.6. The van der Waals surface area contributed by atoms with Crippen LogP contribution in [-0.4, -0.2) is 13.1 Å². The third-order valence-electron chi connectivity index (χ3n) is 2.69. The van der Waals surface area contributed by atoms with Gasteiger partial charge in [0.1, 0.15) is 5.56 Å². The summed E-state index contributed by atoms with van der Waals surface area (Å²) in [6, 6.07) is 12.0. The zero-order chi connectivity index (χ0) is 13.0. The SMILES string of the molecule is COC(=O)c1cc(C)c[n+](Cc2ccccc2)c1.[Br-]. The lowest BCUT2D eigenvalue weighted by Gasteiger charge is -2.02. The molecule has 0 unspecified atom stereocenters. The topological polar surface area (TPSA) is 30.2 Å². The Balaban J connectivity index is 0.00000180. The maximum atomic E-state index is 11.5. The van der Waals surface area contributed by atoms with Gasteiger partial charge in [-0.15, -0.1) is 0 Å². The van der Waals surface area contributed by atoms with E-state index >= 15 is 0 Å². The standard InChI is InChI=1S/C15H16NO2.BrH/c1-12-8-14(15(17)18-2)11-16(9-12)10-13-6-4-3-5-7-13;/h3-9,11H,10H2,1-2H3;1H/q+1;/p-1. The highest BCUT2D eigenvalue weighted by atomic mass is 79.9. The Hall–Kier alpha value is -1.68. The van der Waals surface area contributed by atoms with Crippen LogP contribution in [-0.2, 0) is 11.3 Å². The summed E-state index contributed by atoms with van der Waals surface area (Å²) in [7, 11) is 1.40. The molecule has 2 aromatic rings. The molecule has 0 atom stereocenters. The van der Waals surface area contributed by atoms with Gasteiger partial charge < -0.3 is 21.7 Å². The molecular weight excluding hydrogens is 306 g/mol. The quantitative estimate of drug-likeness (QED) is 0.543. The molecule has 1 aromatic carbocycles. The van der Waals surface area contributed by atoms with E-state index in [2.05, 4.69) is 12.1 Å². The Kier molecular flexibility index (Phi) is 5.70. The third-order valence-corrected chi connectivity index (χ3v) is 2.69. The van der Waals surface area contributed by atoms with Gasteiger partial charge in [-0.05, 0) is 13.0 Å². The molecule has 2 rings (SSSR count). The summed E-state index contributed by atoms with van der Waals surface area (Å²) in [6.45, 7) is 2.71. The summed E-state index contributed by atoms with van der Waals surface area (Å²) in [6.07, 6.45) is 3.82. The van der Waals surface area contributed by atoms with Crippen molar-refractivity contribution in [3.8, 4) is 0 Å². The van der Waals surface area contributed by atoms with E-state index in [0.717, 1.165) is 12.1 Å². The average molecular weight is 322 g/mol. The van der Waals surface area contributed by atoms with Crippen LogP contribution in [0.25, 0.3) is 0 Å². The Morgan fingerprint density at radius 3 is 2.53 bits per heavy atom. The van der Waals surface area contributed by atoms with Gasteiger partial charge in [-0.1, -0.05) is 30.3 Å². The van der Waals surface area contributed by atoms with Crippen LogP contribution < -0.4 is 21.5 Å². The summed E-state index contributed by atoms with van der Waals surface area (Å²) in [5.74, 6) is -0.305. The molecular formula is C15H16BrNO2. The first kappa shape index (κ1) is 15.4. The van der Waals surface area contributed by atoms with Crippen LogP contribution >= 0.6 is 0 Å². The highest BCUT2D eigenvalue weighted by Gasteiger charge is 2.12. The van der Waals surface area contributed by atoms with Gasteiger partial charge in [-0.25, -0.2) is 4.79 Å². The van der Waals surface area contributed by atoms with Crippen LogP contribution in [0.3, 0.4) is 0 Å². The van der Waals surface area contributed by atoms with Crippen LogP contribution in [0.4, 0.5) is 0 Å². The Morgan fingerprint density at radius 1 is 1.21 bits per heavy atom. The molecule has 4 heteroatoms. The molecule has 0 aliphatic carbocycles. The molecule has 0 saturated heterocycles. The molecule has 0 fully saturated rings. The molecule has 100 valence electrons. The second kappa shape index (κ2) is 7.04. The van der Waals surface area contributed by atoms with Gasteiger partial charge in [0.05, 0.1) is 7.11 Å². The number of carbonyl (C=O) groups is 1.